The van der Waals surface area contributed by atoms with Crippen LogP contribution in [0.3, 0.4) is 0 Å². The highest BCUT2D eigenvalue weighted by Gasteiger charge is 2.77. The average molecular weight is 771 g/mol. The zero-order valence-electron chi connectivity index (χ0n) is 31.8. The van der Waals surface area contributed by atoms with E-state index in [2.05, 4.69) is 20.8 Å². The van der Waals surface area contributed by atoms with Gasteiger partial charge in [0.15, 0.2) is 18.4 Å². The summed E-state index contributed by atoms with van der Waals surface area (Å²) in [6, 6.07) is 0. The van der Waals surface area contributed by atoms with Crippen LogP contribution >= 0.6 is 0 Å². The van der Waals surface area contributed by atoms with E-state index in [1.54, 1.807) is 0 Å². The van der Waals surface area contributed by atoms with E-state index in [9.17, 15) is 45.6 Å². The van der Waals surface area contributed by atoms with Gasteiger partial charge in [-0.1, -0.05) is 20.8 Å². The zero-order chi connectivity index (χ0) is 38.7. The van der Waals surface area contributed by atoms with Crippen molar-refractivity contribution in [2.75, 3.05) is 19.8 Å². The molecule has 4 heterocycles. The number of hydrogen-bond acceptors (Lipinski definition) is 15. The minimum Gasteiger partial charge on any atom is -0.396 e. The lowest BCUT2D eigenvalue weighted by atomic mass is 9.43. The molecule has 0 aromatic carbocycles. The van der Waals surface area contributed by atoms with E-state index in [1.807, 2.05) is 0 Å². The van der Waals surface area contributed by atoms with Gasteiger partial charge in [0, 0.05) is 42.6 Å². The van der Waals surface area contributed by atoms with Gasteiger partial charge in [-0.25, -0.2) is 0 Å². The number of carbonyl (C=O) groups is 1. The minimum atomic E-state index is -1.67. The minimum absolute atomic E-state index is 0.0703. The van der Waals surface area contributed by atoms with Gasteiger partial charge in [-0.05, 0) is 75.0 Å². The van der Waals surface area contributed by atoms with E-state index in [1.165, 1.54) is 6.92 Å². The summed E-state index contributed by atoms with van der Waals surface area (Å²) in [5, 5.41) is 85.3. The molecule has 4 saturated carbocycles. The number of aliphatic hydroxyl groups is 8. The van der Waals surface area contributed by atoms with Crippen molar-refractivity contribution in [3.05, 3.63) is 0 Å². The smallest absolute Gasteiger partial charge is 0.187 e. The summed E-state index contributed by atoms with van der Waals surface area (Å²) >= 11 is 0. The summed E-state index contributed by atoms with van der Waals surface area (Å²) in [7, 11) is 0. The number of aliphatic hydroxyl groups excluding tert-OH is 7. The molecule has 0 radical (unpaired) electrons. The summed E-state index contributed by atoms with van der Waals surface area (Å²) in [5.41, 5.74) is -1.86. The van der Waals surface area contributed by atoms with Crippen LogP contribution in [-0.2, 0) is 33.2 Å². The third-order valence-electron chi connectivity index (χ3n) is 16.3. The van der Waals surface area contributed by atoms with Crippen LogP contribution in [0.1, 0.15) is 85.5 Å². The van der Waals surface area contributed by atoms with Gasteiger partial charge in [-0.15, -0.1) is 0 Å². The molecule has 0 amide bonds. The highest BCUT2D eigenvalue weighted by molar-refractivity contribution is 5.83. The number of fused-ring (bicyclic) bond motifs is 7. The second kappa shape index (κ2) is 14.1. The van der Waals surface area contributed by atoms with Crippen LogP contribution in [0.25, 0.3) is 0 Å². The lowest BCUT2D eigenvalue weighted by Crippen LogP contribution is -2.64. The summed E-state index contributed by atoms with van der Waals surface area (Å²) in [4.78, 5) is 14.3. The Kier molecular flexibility index (Phi) is 10.5. The van der Waals surface area contributed by atoms with Gasteiger partial charge in [-0.3, -0.25) is 4.79 Å². The van der Waals surface area contributed by atoms with Crippen LogP contribution < -0.4 is 0 Å². The topological polar surface area (TPSA) is 234 Å². The highest BCUT2D eigenvalue weighted by atomic mass is 16.8. The lowest BCUT2D eigenvalue weighted by Gasteiger charge is -2.61. The van der Waals surface area contributed by atoms with Crippen LogP contribution in [-0.4, -0.2) is 151 Å². The first kappa shape index (κ1) is 39.9. The molecule has 22 atom stereocenters. The number of Topliss-reactive ketones (excluding diaryl/α,β-unsaturated/α-hetero) is 1. The quantitative estimate of drug-likeness (QED) is 0.163. The molecule has 54 heavy (non-hydrogen) atoms. The predicted octanol–water partition coefficient (Wildman–Crippen LogP) is -0.264. The van der Waals surface area contributed by atoms with Gasteiger partial charge in [-0.2, -0.15) is 0 Å². The number of rotatable bonds is 6. The third-order valence-corrected chi connectivity index (χ3v) is 16.3. The first-order valence-electron chi connectivity index (χ1n) is 20.3. The Bertz CT molecular complexity index is 1390. The van der Waals surface area contributed by atoms with Gasteiger partial charge in [0.05, 0.1) is 31.5 Å². The fourth-order valence-corrected chi connectivity index (χ4v) is 12.9. The van der Waals surface area contributed by atoms with Crippen molar-refractivity contribution in [1.82, 2.24) is 0 Å². The van der Waals surface area contributed by atoms with Gasteiger partial charge >= 0.3 is 0 Å². The second-order valence-corrected chi connectivity index (χ2v) is 18.7. The van der Waals surface area contributed by atoms with Crippen molar-refractivity contribution in [3.63, 3.8) is 0 Å². The molecule has 1 spiro atoms. The van der Waals surface area contributed by atoms with Crippen molar-refractivity contribution in [2.45, 2.75) is 170 Å². The Hall–Kier alpha value is -0.890. The maximum absolute atomic E-state index is 14.3. The van der Waals surface area contributed by atoms with E-state index >= 15 is 0 Å². The second-order valence-electron chi connectivity index (χ2n) is 18.7. The largest absolute Gasteiger partial charge is 0.396 e. The molecule has 8 rings (SSSR count). The zero-order valence-corrected chi connectivity index (χ0v) is 31.8. The third kappa shape index (κ3) is 5.77. The molecule has 8 fully saturated rings. The van der Waals surface area contributed by atoms with Crippen LogP contribution in [0, 0.1) is 46.3 Å². The molecular formula is C39H62O15. The monoisotopic (exact) mass is 770 g/mol. The Balaban J connectivity index is 0.970. The Morgan fingerprint density at radius 3 is 2.24 bits per heavy atom. The number of carbonyl (C=O) groups excluding carboxylic acids is 1. The van der Waals surface area contributed by atoms with Crippen LogP contribution in [0.2, 0.25) is 0 Å². The standard InChI is InChI=1S/C39H62O15/c1-17-28(43)30(45)32(47)34(50-17)53-33-31(46)29(44)26(15-41)52-35(33)51-20-6-8-36(3)22-7-9-37(4)23(21(22)12-25(42)24(36)11-20)13-27-39(37,48)18(2)38(54-27)10-5-19(14-40)16-49-38/h17-24,26-35,40-41,43-48H,5-16H2,1-4H3. The number of ether oxygens (including phenoxy) is 6. The van der Waals surface area contributed by atoms with E-state index < -0.39 is 97.0 Å². The van der Waals surface area contributed by atoms with E-state index in [0.717, 1.165) is 19.3 Å². The predicted molar refractivity (Wildman–Crippen MR) is 185 cm³/mol. The van der Waals surface area contributed by atoms with Gasteiger partial charge in [0.25, 0.3) is 0 Å². The van der Waals surface area contributed by atoms with Crippen molar-refractivity contribution < 1.29 is 74.1 Å². The molecule has 0 bridgehead atoms. The van der Waals surface area contributed by atoms with Crippen molar-refractivity contribution >= 4 is 5.78 Å². The van der Waals surface area contributed by atoms with E-state index in [0.29, 0.717) is 45.1 Å². The fourth-order valence-electron chi connectivity index (χ4n) is 12.9. The SMILES string of the molecule is CC1OC(OC2C(OC3CCC4(C)C(C3)C(=O)CC3C4CCC4(C)C3CC3OC5(CCC(CO)CO5)C(C)C34O)OC(CO)C(O)C2O)C(O)C(O)C1O. The molecular weight excluding hydrogens is 708 g/mol. The van der Waals surface area contributed by atoms with Crippen molar-refractivity contribution in [2.24, 2.45) is 46.3 Å². The number of ketones is 1. The van der Waals surface area contributed by atoms with Crippen LogP contribution in [0.15, 0.2) is 0 Å². The molecule has 308 valence electrons. The molecule has 15 heteroatoms. The maximum Gasteiger partial charge on any atom is 0.187 e. The first-order valence-corrected chi connectivity index (χ1v) is 20.3. The molecule has 0 aromatic heterocycles. The van der Waals surface area contributed by atoms with Crippen molar-refractivity contribution in [3.8, 4) is 0 Å². The summed E-state index contributed by atoms with van der Waals surface area (Å²) in [5.74, 6) is -0.724. The van der Waals surface area contributed by atoms with Crippen LogP contribution in [0.4, 0.5) is 0 Å². The molecule has 4 aliphatic carbocycles. The van der Waals surface area contributed by atoms with Gasteiger partial charge < -0.3 is 69.3 Å². The average Bonchev–Trinajstić information content (AvgIpc) is 3.51. The molecule has 4 aliphatic heterocycles. The lowest BCUT2D eigenvalue weighted by molar-refractivity contribution is -0.370. The van der Waals surface area contributed by atoms with Gasteiger partial charge in [0.1, 0.15) is 54.1 Å². The fraction of sp³-hybridized carbons (Fsp3) is 0.974. The summed E-state index contributed by atoms with van der Waals surface area (Å²) in [6.45, 7) is 7.84. The Morgan fingerprint density at radius 1 is 0.796 bits per heavy atom. The highest BCUT2D eigenvalue weighted by Crippen LogP contribution is 2.72. The Morgan fingerprint density at radius 2 is 1.56 bits per heavy atom. The molecule has 15 nitrogen and oxygen atoms in total. The van der Waals surface area contributed by atoms with Gasteiger partial charge in [0.2, 0.25) is 0 Å². The van der Waals surface area contributed by atoms with Crippen molar-refractivity contribution in [1.29, 1.82) is 0 Å². The summed E-state index contributed by atoms with van der Waals surface area (Å²) in [6.07, 6.45) is -9.17. The summed E-state index contributed by atoms with van der Waals surface area (Å²) < 4.78 is 37.0. The van der Waals surface area contributed by atoms with E-state index in [4.69, 9.17) is 28.4 Å². The number of hydrogen-bond donors (Lipinski definition) is 8. The van der Waals surface area contributed by atoms with E-state index in [-0.39, 0.29) is 53.3 Å². The molecule has 8 N–H and O–H groups in total. The normalized spacial score (nSPS) is 58.7. The first-order chi connectivity index (χ1) is 25.5. The molecule has 22 unspecified atom stereocenters. The Labute approximate surface area is 316 Å². The molecule has 0 aromatic rings. The molecule has 4 saturated heterocycles. The van der Waals surface area contributed by atoms with Crippen LogP contribution in [0.5, 0.6) is 0 Å². The molecule has 8 aliphatic rings. The maximum atomic E-state index is 14.3.